The molecule has 1 heterocycles. The van der Waals surface area contributed by atoms with Gasteiger partial charge in [-0.2, -0.15) is 0 Å². The second-order valence-electron chi connectivity index (χ2n) is 4.76. The lowest BCUT2D eigenvalue weighted by Gasteiger charge is -2.06. The lowest BCUT2D eigenvalue weighted by atomic mass is 10.00. The molecular weight excluding hydrogens is 242 g/mol. The maximum Gasteiger partial charge on any atom is 0.179 e. The Bertz CT molecular complexity index is 540. The van der Waals surface area contributed by atoms with Crippen molar-refractivity contribution in [3.8, 4) is 0 Å². The second-order valence-corrected chi connectivity index (χ2v) is 5.62. The molecule has 0 radical (unpaired) electrons. The summed E-state index contributed by atoms with van der Waals surface area (Å²) in [5, 5.41) is 0. The lowest BCUT2D eigenvalue weighted by molar-refractivity contribution is 0.0996. The van der Waals surface area contributed by atoms with Gasteiger partial charge in [0.15, 0.2) is 5.78 Å². The van der Waals surface area contributed by atoms with Crippen LogP contribution in [0.5, 0.6) is 0 Å². The molecule has 3 heteroatoms. The Kier molecular flexibility index (Phi) is 3.92. The molecule has 0 atom stereocenters. The van der Waals surface area contributed by atoms with Crippen LogP contribution in [0.1, 0.15) is 46.3 Å². The zero-order valence-electron chi connectivity index (χ0n) is 10.9. The smallest absolute Gasteiger partial charge is 0.179 e. The van der Waals surface area contributed by atoms with Crippen molar-refractivity contribution in [3.63, 3.8) is 0 Å². The van der Waals surface area contributed by atoms with Gasteiger partial charge in [-0.3, -0.25) is 4.79 Å². The Morgan fingerprint density at radius 2 is 1.94 bits per heavy atom. The monoisotopic (exact) mass is 259 g/mol. The molecule has 2 rings (SSSR count). The Morgan fingerprint density at radius 1 is 1.28 bits per heavy atom. The molecule has 2 nitrogen and oxygen atoms in total. The average Bonchev–Trinajstić information content (AvgIpc) is 2.76. The third-order valence-electron chi connectivity index (χ3n) is 3.01. The van der Waals surface area contributed by atoms with E-state index in [1.807, 2.05) is 19.1 Å². The van der Waals surface area contributed by atoms with E-state index in [4.69, 9.17) is 0 Å². The summed E-state index contributed by atoms with van der Waals surface area (Å²) < 4.78 is 0. The summed E-state index contributed by atoms with van der Waals surface area (Å²) in [4.78, 5) is 17.0. The molecule has 0 bridgehead atoms. The molecule has 0 saturated heterocycles. The maximum absolute atomic E-state index is 12.1. The molecule has 0 fully saturated rings. The van der Waals surface area contributed by atoms with E-state index in [0.29, 0.717) is 12.3 Å². The minimum Gasteiger partial charge on any atom is -0.293 e. The van der Waals surface area contributed by atoms with Crippen LogP contribution in [0.4, 0.5) is 0 Å². The number of thiazole rings is 1. The summed E-state index contributed by atoms with van der Waals surface area (Å²) in [6, 6.07) is 8.30. The number of rotatable bonds is 4. The highest BCUT2D eigenvalue weighted by atomic mass is 32.1. The van der Waals surface area contributed by atoms with Crippen molar-refractivity contribution in [1.82, 2.24) is 4.98 Å². The molecule has 1 aromatic heterocycles. The van der Waals surface area contributed by atoms with Crippen LogP contribution >= 0.6 is 11.3 Å². The fourth-order valence-electron chi connectivity index (χ4n) is 1.86. The van der Waals surface area contributed by atoms with E-state index in [-0.39, 0.29) is 5.78 Å². The largest absolute Gasteiger partial charge is 0.293 e. The predicted octanol–water partition coefficient (Wildman–Crippen LogP) is 4.00. The summed E-state index contributed by atoms with van der Waals surface area (Å²) in [5.41, 5.74) is 4.94. The topological polar surface area (TPSA) is 30.0 Å². The molecule has 18 heavy (non-hydrogen) atoms. The van der Waals surface area contributed by atoms with E-state index < -0.39 is 0 Å². The Labute approximate surface area is 112 Å². The van der Waals surface area contributed by atoms with Crippen LogP contribution in [0.3, 0.4) is 0 Å². The molecule has 0 amide bonds. The number of hydrogen-bond acceptors (Lipinski definition) is 3. The van der Waals surface area contributed by atoms with Crippen LogP contribution in [0.2, 0.25) is 0 Å². The summed E-state index contributed by atoms with van der Waals surface area (Å²) in [7, 11) is 0. The van der Waals surface area contributed by atoms with Gasteiger partial charge in [0.1, 0.15) is 0 Å². The molecule has 0 saturated carbocycles. The van der Waals surface area contributed by atoms with E-state index in [9.17, 15) is 4.79 Å². The van der Waals surface area contributed by atoms with Crippen molar-refractivity contribution < 1.29 is 4.79 Å². The lowest BCUT2D eigenvalue weighted by Crippen LogP contribution is -2.03. The zero-order valence-corrected chi connectivity index (χ0v) is 11.8. The van der Waals surface area contributed by atoms with Crippen LogP contribution in [-0.4, -0.2) is 10.8 Å². The highest BCUT2D eigenvalue weighted by Gasteiger charge is 2.12. The van der Waals surface area contributed by atoms with Gasteiger partial charge in [0, 0.05) is 6.42 Å². The van der Waals surface area contributed by atoms with Crippen LogP contribution < -0.4 is 0 Å². The first-order valence-corrected chi connectivity index (χ1v) is 6.98. The summed E-state index contributed by atoms with van der Waals surface area (Å²) in [5.74, 6) is 0.686. The molecular formula is C15H17NOS. The Hall–Kier alpha value is -1.48. The molecule has 0 spiro atoms. The van der Waals surface area contributed by atoms with Gasteiger partial charge in [-0.1, -0.05) is 38.1 Å². The summed E-state index contributed by atoms with van der Waals surface area (Å²) >= 11 is 1.42. The number of nitrogens with zero attached hydrogens (tertiary/aromatic N) is 1. The first kappa shape index (κ1) is 13.0. The van der Waals surface area contributed by atoms with Crippen LogP contribution in [0.25, 0.3) is 0 Å². The standard InChI is InChI=1S/C15H17NOS/c1-10(2)13-6-4-12(5-7-13)8-14(17)15-11(3)16-9-18-15/h4-7,9-10H,8H2,1-3H3. The first-order chi connectivity index (χ1) is 8.58. The van der Waals surface area contributed by atoms with Crippen LogP contribution in [0, 0.1) is 6.92 Å². The normalized spacial score (nSPS) is 10.9. The van der Waals surface area contributed by atoms with Gasteiger partial charge in [-0.15, -0.1) is 11.3 Å². The van der Waals surface area contributed by atoms with Gasteiger partial charge >= 0.3 is 0 Å². The quantitative estimate of drug-likeness (QED) is 0.777. The van der Waals surface area contributed by atoms with Crippen LogP contribution in [-0.2, 0) is 6.42 Å². The molecule has 1 aromatic carbocycles. The van der Waals surface area contributed by atoms with E-state index in [1.54, 1.807) is 5.51 Å². The third kappa shape index (κ3) is 2.85. The number of benzene rings is 1. The second kappa shape index (κ2) is 5.44. The van der Waals surface area contributed by atoms with Crippen molar-refractivity contribution in [2.45, 2.75) is 33.1 Å². The van der Waals surface area contributed by atoms with E-state index in [0.717, 1.165) is 16.1 Å². The van der Waals surface area contributed by atoms with Gasteiger partial charge in [0.05, 0.1) is 16.1 Å². The van der Waals surface area contributed by atoms with Crippen molar-refractivity contribution >= 4 is 17.1 Å². The minimum atomic E-state index is 0.160. The predicted molar refractivity (Wildman–Crippen MR) is 75.4 cm³/mol. The van der Waals surface area contributed by atoms with E-state index in [1.165, 1.54) is 16.9 Å². The van der Waals surface area contributed by atoms with Crippen molar-refractivity contribution in [3.05, 3.63) is 51.5 Å². The highest BCUT2D eigenvalue weighted by molar-refractivity contribution is 7.11. The number of ketones is 1. The molecule has 0 unspecified atom stereocenters. The van der Waals surface area contributed by atoms with Gasteiger partial charge in [0.25, 0.3) is 0 Å². The number of carbonyl (C=O) groups is 1. The molecule has 0 aliphatic rings. The van der Waals surface area contributed by atoms with Gasteiger partial charge in [-0.05, 0) is 24.0 Å². The third-order valence-corrected chi connectivity index (χ3v) is 3.98. The molecule has 2 aromatic rings. The number of aromatic nitrogens is 1. The SMILES string of the molecule is Cc1ncsc1C(=O)Cc1ccc(C(C)C)cc1. The Balaban J connectivity index is 2.10. The van der Waals surface area contributed by atoms with E-state index in [2.05, 4.69) is 31.0 Å². The van der Waals surface area contributed by atoms with Crippen molar-refractivity contribution in [2.24, 2.45) is 0 Å². The van der Waals surface area contributed by atoms with Crippen LogP contribution in [0.15, 0.2) is 29.8 Å². The highest BCUT2D eigenvalue weighted by Crippen LogP contribution is 2.18. The number of Topliss-reactive ketones (excluding diaryl/α,β-unsaturated/α-hetero) is 1. The number of hydrogen-bond donors (Lipinski definition) is 0. The van der Waals surface area contributed by atoms with Gasteiger partial charge in [-0.25, -0.2) is 4.98 Å². The fraction of sp³-hybridized carbons (Fsp3) is 0.333. The number of carbonyl (C=O) groups excluding carboxylic acids is 1. The number of aryl methyl sites for hydroxylation is 1. The molecule has 0 aliphatic carbocycles. The molecule has 0 aliphatic heterocycles. The maximum atomic E-state index is 12.1. The first-order valence-electron chi connectivity index (χ1n) is 6.10. The Morgan fingerprint density at radius 3 is 2.44 bits per heavy atom. The fourth-order valence-corrected chi connectivity index (χ4v) is 2.60. The van der Waals surface area contributed by atoms with Gasteiger partial charge < -0.3 is 0 Å². The summed E-state index contributed by atoms with van der Waals surface area (Å²) in [6.45, 7) is 6.22. The minimum absolute atomic E-state index is 0.160. The average molecular weight is 259 g/mol. The van der Waals surface area contributed by atoms with E-state index >= 15 is 0 Å². The summed E-state index contributed by atoms with van der Waals surface area (Å²) in [6.07, 6.45) is 0.460. The molecule has 0 N–H and O–H groups in total. The van der Waals surface area contributed by atoms with Crippen molar-refractivity contribution in [2.75, 3.05) is 0 Å². The van der Waals surface area contributed by atoms with Crippen molar-refractivity contribution in [1.29, 1.82) is 0 Å². The zero-order chi connectivity index (χ0) is 13.1. The molecule has 94 valence electrons. The van der Waals surface area contributed by atoms with Gasteiger partial charge in [0.2, 0.25) is 0 Å².